The molecule has 0 atom stereocenters. The van der Waals surface area contributed by atoms with Crippen molar-refractivity contribution < 1.29 is 60.6 Å². The maximum atomic E-state index is 12.7. The van der Waals surface area contributed by atoms with Gasteiger partial charge in [-0.2, -0.15) is 36.3 Å². The molecule has 0 aliphatic rings. The van der Waals surface area contributed by atoms with E-state index in [1.165, 1.54) is 84.9 Å². The highest BCUT2D eigenvalue weighted by Gasteiger charge is 2.39. The highest BCUT2D eigenvalue weighted by atomic mass is 79.9. The van der Waals surface area contributed by atoms with Gasteiger partial charge in [-0.25, -0.2) is 40.2 Å². The standard InChI is InChI=1S/C17H12F3N7O3S2.C9H9N5O2S.C8H4BrF3N2OS.C5H5ClN2O2S.C4H5N3/c1-32(28,29)14-5-4-12(24-25-14)27(13-8-21-6-7-22-13)9-10-2-3-11(31-10)15-23-16(30-26-15)17(18,19)20;1-17(15,16)9-3-2-7(13-14-9)12-8-6-10-4-5-11-8;9-3-4-1-2-5(16-4)6-13-7(15-14-6)8(10,11)12;1-11(9,10)5-3-2-4(6)7-8-5;5-4-3-6-1-2-7-4/h2-8H,9H2,1H3;2-6H,1H3,(H,11,12,13);1-2H,3H2;2-3H,1H3;1-3H,(H2,5,7). The highest BCUT2D eigenvalue weighted by molar-refractivity contribution is 9.08. The fourth-order valence-corrected chi connectivity index (χ4v) is 9.29. The summed E-state index contributed by atoms with van der Waals surface area (Å²) in [7, 11) is -10.1. The molecule has 436 valence electrons. The lowest BCUT2D eigenvalue weighted by atomic mass is 10.3. The Bertz CT molecular complexity index is 4020. The van der Waals surface area contributed by atoms with Crippen LogP contribution < -0.4 is 16.0 Å². The van der Waals surface area contributed by atoms with Gasteiger partial charge in [0.25, 0.3) is 0 Å². The molecule has 0 aliphatic heterocycles. The smallest absolute Gasteiger partial charge is 0.382 e. The second-order valence-electron chi connectivity index (χ2n) is 15.5. The van der Waals surface area contributed by atoms with Gasteiger partial charge in [0.2, 0.25) is 11.6 Å². The van der Waals surface area contributed by atoms with Crippen molar-refractivity contribution in [3.05, 3.63) is 143 Å². The van der Waals surface area contributed by atoms with Crippen molar-refractivity contribution in [2.45, 2.75) is 39.3 Å². The Morgan fingerprint density at radius 1 is 0.566 bits per heavy atom. The lowest BCUT2D eigenvalue weighted by molar-refractivity contribution is -0.160. The Morgan fingerprint density at radius 3 is 1.45 bits per heavy atom. The predicted molar refractivity (Wildman–Crippen MR) is 288 cm³/mol. The van der Waals surface area contributed by atoms with Crippen LogP contribution in [0.15, 0.2) is 141 Å². The lowest BCUT2D eigenvalue weighted by Crippen LogP contribution is -2.19. The van der Waals surface area contributed by atoms with Gasteiger partial charge in [-0.05, 0) is 60.7 Å². The number of alkyl halides is 7. The first-order chi connectivity index (χ1) is 39.1. The van der Waals surface area contributed by atoms with Crippen LogP contribution in [0.1, 0.15) is 21.5 Å². The van der Waals surface area contributed by atoms with E-state index in [2.05, 4.69) is 111 Å². The molecule has 0 radical (unpaired) electrons. The summed E-state index contributed by atoms with van der Waals surface area (Å²) in [4.78, 5) is 34.4. The number of rotatable bonds is 12. The van der Waals surface area contributed by atoms with Gasteiger partial charge < -0.3 is 25.0 Å². The molecule has 0 spiro atoms. The molecular formula is C43H35BrClF6N19O8S5. The summed E-state index contributed by atoms with van der Waals surface area (Å²) in [6, 6.07) is 15.1. The number of anilines is 5. The molecule has 40 heteroatoms. The maximum absolute atomic E-state index is 12.7. The van der Waals surface area contributed by atoms with Gasteiger partial charge >= 0.3 is 24.1 Å². The molecule has 27 nitrogen and oxygen atoms in total. The first-order valence-electron chi connectivity index (χ1n) is 22.0. The number of thiophene rings is 2. The van der Waals surface area contributed by atoms with Crippen LogP contribution in [0.2, 0.25) is 5.15 Å². The van der Waals surface area contributed by atoms with Gasteiger partial charge in [0.05, 0.1) is 34.9 Å². The van der Waals surface area contributed by atoms with E-state index in [9.17, 15) is 51.6 Å². The Balaban J connectivity index is 0.000000183. The topological polar surface area (TPSA) is 376 Å². The Hall–Kier alpha value is -8.24. The minimum absolute atomic E-state index is 0.0375. The summed E-state index contributed by atoms with van der Waals surface area (Å²) in [6.07, 6.45) is 7.49. The molecule has 3 N–H and O–H groups in total. The number of hydrogen-bond acceptors (Lipinski definition) is 29. The van der Waals surface area contributed by atoms with Crippen molar-refractivity contribution in [1.29, 1.82) is 0 Å². The van der Waals surface area contributed by atoms with Crippen LogP contribution in [0.3, 0.4) is 0 Å². The third kappa shape index (κ3) is 20.0. The van der Waals surface area contributed by atoms with Gasteiger partial charge in [0, 0.05) is 71.0 Å². The van der Waals surface area contributed by atoms with E-state index >= 15 is 0 Å². The normalized spacial score (nSPS) is 11.5. The van der Waals surface area contributed by atoms with Crippen LogP contribution >= 0.6 is 50.2 Å². The molecule has 10 aromatic rings. The summed E-state index contributed by atoms with van der Waals surface area (Å²) in [6.45, 7) is 0.195. The van der Waals surface area contributed by atoms with Crippen LogP contribution in [0.4, 0.5) is 55.4 Å². The second kappa shape index (κ2) is 28.2. The average molecular weight is 1340 g/mol. The molecular weight excluding hydrogens is 1300 g/mol. The van der Waals surface area contributed by atoms with Crippen LogP contribution in [-0.4, -0.2) is 125 Å². The second-order valence-corrected chi connectivity index (χ2v) is 24.7. The number of nitrogens with zero attached hydrogens (tertiary/aromatic N) is 17. The average Bonchev–Trinajstić information content (AvgIpc) is 4.48. The van der Waals surface area contributed by atoms with Gasteiger partial charge in [0.1, 0.15) is 11.6 Å². The number of sulfone groups is 3. The molecule has 0 bridgehead atoms. The zero-order chi connectivity index (χ0) is 60.6. The zero-order valence-corrected chi connectivity index (χ0v) is 48.3. The van der Waals surface area contributed by atoms with Crippen LogP contribution in [0.5, 0.6) is 0 Å². The maximum Gasteiger partial charge on any atom is 0.471 e. The minimum Gasteiger partial charge on any atom is -0.382 e. The molecule has 0 aliphatic carbocycles. The van der Waals surface area contributed by atoms with Crippen molar-refractivity contribution >= 4 is 109 Å². The number of nitrogens with one attached hydrogen (secondary N) is 1. The van der Waals surface area contributed by atoms with Gasteiger partial charge in [0.15, 0.2) is 67.2 Å². The SMILES string of the molecule is CS(=O)(=O)c1ccc(Cl)nn1.CS(=O)(=O)c1ccc(N(Cc2ccc(-c3noc(C(F)(F)F)n3)s2)c2cnccn2)nn1.CS(=O)(=O)c1ccc(Nc2cnccn2)nn1.FC(F)(F)c1nc(-c2ccc(CBr)s2)no1.Nc1cnccn1. The first-order valence-corrected chi connectivity index (χ1v) is 30.8. The van der Waals surface area contributed by atoms with Crippen LogP contribution in [0.25, 0.3) is 21.4 Å². The first kappa shape index (κ1) is 63.9. The molecule has 0 fully saturated rings. The van der Waals surface area contributed by atoms with E-state index in [1.54, 1.807) is 47.8 Å². The van der Waals surface area contributed by atoms with Crippen molar-refractivity contribution in [2.24, 2.45) is 0 Å². The van der Waals surface area contributed by atoms with Crippen molar-refractivity contribution in [3.8, 4) is 21.4 Å². The molecule has 0 amide bonds. The summed E-state index contributed by atoms with van der Waals surface area (Å²) in [5.41, 5.74) is 5.18. The molecule has 10 rings (SSSR count). The Labute approximate surface area is 485 Å². The number of halogens is 8. The molecule has 0 saturated carbocycles. The third-order valence-electron chi connectivity index (χ3n) is 9.07. The third-order valence-corrected chi connectivity index (χ3v) is 15.3. The quantitative estimate of drug-likeness (QED) is 0.0867. The number of hydrogen-bond donors (Lipinski definition) is 2. The van der Waals surface area contributed by atoms with E-state index in [1.807, 2.05) is 0 Å². The number of aromatic nitrogens is 16. The predicted octanol–water partition coefficient (Wildman–Crippen LogP) is 7.86. The van der Waals surface area contributed by atoms with Crippen LogP contribution in [-0.2, 0) is 53.7 Å². The fraction of sp³-hybridized carbons (Fsp3) is 0.163. The summed E-state index contributed by atoms with van der Waals surface area (Å²) >= 11 is 11.1. The van der Waals surface area contributed by atoms with Gasteiger partial charge in [-0.15, -0.1) is 53.3 Å². The Morgan fingerprint density at radius 2 is 1.06 bits per heavy atom. The zero-order valence-electron chi connectivity index (χ0n) is 41.9. The molecule has 0 aromatic carbocycles. The summed E-state index contributed by atoms with van der Waals surface area (Å²) in [5, 5.41) is 31.8. The van der Waals surface area contributed by atoms with Crippen molar-refractivity contribution in [3.63, 3.8) is 0 Å². The van der Waals surface area contributed by atoms with Crippen molar-refractivity contribution in [2.75, 3.05) is 34.7 Å². The number of nitrogens with two attached hydrogens (primary N) is 1. The van der Waals surface area contributed by atoms with Crippen molar-refractivity contribution in [1.82, 2.24) is 80.8 Å². The van der Waals surface area contributed by atoms with Gasteiger partial charge in [-0.3, -0.25) is 15.0 Å². The molecule has 10 heterocycles. The monoisotopic (exact) mass is 1330 g/mol. The minimum atomic E-state index is -4.73. The highest BCUT2D eigenvalue weighted by Crippen LogP contribution is 2.35. The van der Waals surface area contributed by atoms with E-state index in [0.717, 1.165) is 35.0 Å². The van der Waals surface area contributed by atoms with Gasteiger partial charge in [-0.1, -0.05) is 37.8 Å². The van der Waals surface area contributed by atoms with E-state index in [4.69, 9.17) is 17.3 Å². The summed E-state index contributed by atoms with van der Waals surface area (Å²) in [5.74, 6) is -0.897. The van der Waals surface area contributed by atoms with E-state index < -0.39 is 53.6 Å². The van der Waals surface area contributed by atoms with Crippen LogP contribution in [0, 0.1) is 0 Å². The lowest BCUT2D eigenvalue weighted by Gasteiger charge is -2.21. The summed E-state index contributed by atoms with van der Waals surface area (Å²) < 4.78 is 150. The fourth-order valence-electron chi connectivity index (χ4n) is 5.44. The Kier molecular flexibility index (Phi) is 21.7. The molecule has 10 aromatic heterocycles. The van der Waals surface area contributed by atoms with E-state index in [0.29, 0.717) is 49.1 Å². The molecule has 0 unspecified atom stereocenters. The number of nitrogen functional groups attached to an aromatic ring is 1. The molecule has 83 heavy (non-hydrogen) atoms. The largest absolute Gasteiger partial charge is 0.471 e. The van der Waals surface area contributed by atoms with E-state index in [-0.39, 0.29) is 38.4 Å². The molecule has 0 saturated heterocycles.